The van der Waals surface area contributed by atoms with E-state index in [-0.39, 0.29) is 24.5 Å². The summed E-state index contributed by atoms with van der Waals surface area (Å²) in [4.78, 5) is 25.6. The van der Waals surface area contributed by atoms with E-state index in [1.807, 2.05) is 0 Å². The number of carbonyl (C=O) groups excluding carboxylic acids is 1. The van der Waals surface area contributed by atoms with Gasteiger partial charge in [-0.15, -0.1) is 0 Å². The van der Waals surface area contributed by atoms with Gasteiger partial charge in [0.25, 0.3) is 5.91 Å². The van der Waals surface area contributed by atoms with Crippen molar-refractivity contribution in [3.63, 3.8) is 0 Å². The van der Waals surface area contributed by atoms with E-state index in [1.54, 1.807) is 43.4 Å². The number of carboxylic acid groups (broad SMARTS) is 1. The minimum Gasteiger partial charge on any atom is -0.490 e. The SMILES string of the molecule is COCCOc1ccccc1C(=O)N1CC(OC)CC1CC(=O)O. The number of ether oxygens (including phenoxy) is 3. The summed E-state index contributed by atoms with van der Waals surface area (Å²) in [6.45, 7) is 1.12. The third-order valence-corrected chi connectivity index (χ3v) is 4.04. The first kappa shape index (κ1) is 18.2. The van der Waals surface area contributed by atoms with Crippen LogP contribution in [0.3, 0.4) is 0 Å². The van der Waals surface area contributed by atoms with Gasteiger partial charge in [0.1, 0.15) is 12.4 Å². The summed E-state index contributed by atoms with van der Waals surface area (Å²) < 4.78 is 15.9. The summed E-state index contributed by atoms with van der Waals surface area (Å²) in [6, 6.07) is 6.57. The van der Waals surface area contributed by atoms with Gasteiger partial charge in [0.2, 0.25) is 0 Å². The molecule has 0 aromatic heterocycles. The van der Waals surface area contributed by atoms with Crippen LogP contribution in [-0.4, -0.2) is 68.0 Å². The molecule has 132 valence electrons. The van der Waals surface area contributed by atoms with Crippen LogP contribution in [0.1, 0.15) is 23.2 Å². The maximum atomic E-state index is 12.9. The van der Waals surface area contributed by atoms with Gasteiger partial charge in [-0.3, -0.25) is 9.59 Å². The molecule has 1 saturated heterocycles. The molecule has 1 fully saturated rings. The Kier molecular flexibility index (Phi) is 6.57. The van der Waals surface area contributed by atoms with Crippen molar-refractivity contribution in [3.8, 4) is 5.75 Å². The van der Waals surface area contributed by atoms with Gasteiger partial charge < -0.3 is 24.2 Å². The predicted molar refractivity (Wildman–Crippen MR) is 86.3 cm³/mol. The van der Waals surface area contributed by atoms with E-state index in [2.05, 4.69) is 0 Å². The molecule has 1 heterocycles. The molecule has 24 heavy (non-hydrogen) atoms. The number of carboxylic acids is 1. The smallest absolute Gasteiger partial charge is 0.305 e. The molecule has 0 spiro atoms. The Bertz CT molecular complexity index is 576. The minimum absolute atomic E-state index is 0.0989. The summed E-state index contributed by atoms with van der Waals surface area (Å²) in [5.41, 5.74) is 0.417. The molecule has 0 aliphatic carbocycles. The van der Waals surface area contributed by atoms with Crippen molar-refractivity contribution in [3.05, 3.63) is 29.8 Å². The van der Waals surface area contributed by atoms with Gasteiger partial charge in [-0.1, -0.05) is 12.1 Å². The summed E-state index contributed by atoms with van der Waals surface area (Å²) in [6.07, 6.45) is 0.263. The Balaban J connectivity index is 2.18. The second kappa shape index (κ2) is 8.65. The molecular formula is C17H23NO6. The zero-order valence-corrected chi connectivity index (χ0v) is 13.9. The Morgan fingerprint density at radius 1 is 1.25 bits per heavy atom. The fourth-order valence-electron chi connectivity index (χ4n) is 2.85. The van der Waals surface area contributed by atoms with Crippen LogP contribution in [0.2, 0.25) is 0 Å². The number of aliphatic carboxylic acids is 1. The Hall–Kier alpha value is -2.12. The molecule has 7 heteroatoms. The molecule has 1 aromatic carbocycles. The monoisotopic (exact) mass is 337 g/mol. The molecule has 0 saturated carbocycles. The topological polar surface area (TPSA) is 85.3 Å². The lowest BCUT2D eigenvalue weighted by Crippen LogP contribution is -2.37. The molecule has 2 atom stereocenters. The van der Waals surface area contributed by atoms with Crippen molar-refractivity contribution < 1.29 is 28.9 Å². The zero-order valence-electron chi connectivity index (χ0n) is 13.9. The lowest BCUT2D eigenvalue weighted by molar-refractivity contribution is -0.137. The van der Waals surface area contributed by atoms with Crippen LogP contribution < -0.4 is 4.74 Å². The van der Waals surface area contributed by atoms with Crippen LogP contribution in [0, 0.1) is 0 Å². The fourth-order valence-corrected chi connectivity index (χ4v) is 2.85. The summed E-state index contributed by atoms with van der Waals surface area (Å²) in [7, 11) is 3.14. The predicted octanol–water partition coefficient (Wildman–Crippen LogP) is 1.42. The molecule has 1 N–H and O–H groups in total. The van der Waals surface area contributed by atoms with E-state index in [0.29, 0.717) is 37.5 Å². The van der Waals surface area contributed by atoms with Crippen LogP contribution in [0.5, 0.6) is 5.75 Å². The van der Waals surface area contributed by atoms with Gasteiger partial charge in [0.15, 0.2) is 0 Å². The molecule has 1 amide bonds. The standard InChI is InChI=1S/C17H23NO6/c1-22-7-8-24-15-6-4-3-5-14(15)17(21)18-11-13(23-2)9-12(18)10-16(19)20/h3-6,12-13H,7-11H2,1-2H3,(H,19,20). The van der Waals surface area contributed by atoms with Crippen molar-refractivity contribution in [1.29, 1.82) is 0 Å². The van der Waals surface area contributed by atoms with E-state index >= 15 is 0 Å². The highest BCUT2D eigenvalue weighted by Crippen LogP contribution is 2.28. The molecular weight excluding hydrogens is 314 g/mol. The average Bonchev–Trinajstić information content (AvgIpc) is 2.97. The summed E-state index contributed by atoms with van der Waals surface area (Å²) in [5.74, 6) is -0.706. The first-order valence-electron chi connectivity index (χ1n) is 7.83. The van der Waals surface area contributed by atoms with Gasteiger partial charge in [0, 0.05) is 26.8 Å². The van der Waals surface area contributed by atoms with E-state index in [9.17, 15) is 9.59 Å². The van der Waals surface area contributed by atoms with E-state index in [1.165, 1.54) is 0 Å². The fraction of sp³-hybridized carbons (Fsp3) is 0.529. The third kappa shape index (κ3) is 4.46. The lowest BCUT2D eigenvalue weighted by atomic mass is 10.1. The van der Waals surface area contributed by atoms with Gasteiger partial charge in [0.05, 0.1) is 24.7 Å². The number of amides is 1. The number of carbonyl (C=O) groups is 2. The lowest BCUT2D eigenvalue weighted by Gasteiger charge is -2.24. The minimum atomic E-state index is -0.931. The first-order chi connectivity index (χ1) is 11.6. The van der Waals surface area contributed by atoms with E-state index in [4.69, 9.17) is 19.3 Å². The average molecular weight is 337 g/mol. The van der Waals surface area contributed by atoms with Crippen LogP contribution in [0.15, 0.2) is 24.3 Å². The summed E-state index contributed by atoms with van der Waals surface area (Å²) >= 11 is 0. The van der Waals surface area contributed by atoms with Gasteiger partial charge in [-0.2, -0.15) is 0 Å². The Labute approximate surface area is 141 Å². The van der Waals surface area contributed by atoms with Crippen molar-refractivity contribution >= 4 is 11.9 Å². The van der Waals surface area contributed by atoms with Crippen LogP contribution in [0.25, 0.3) is 0 Å². The molecule has 0 radical (unpaired) electrons. The maximum Gasteiger partial charge on any atom is 0.305 e. The highest BCUT2D eigenvalue weighted by Gasteiger charge is 2.37. The highest BCUT2D eigenvalue weighted by atomic mass is 16.5. The quantitative estimate of drug-likeness (QED) is 0.722. The molecule has 2 unspecified atom stereocenters. The Morgan fingerprint density at radius 2 is 2.00 bits per heavy atom. The number of methoxy groups -OCH3 is 2. The number of hydrogen-bond acceptors (Lipinski definition) is 5. The molecule has 0 bridgehead atoms. The molecule has 7 nitrogen and oxygen atoms in total. The van der Waals surface area contributed by atoms with Crippen molar-refractivity contribution in [2.75, 3.05) is 34.0 Å². The van der Waals surface area contributed by atoms with Crippen LogP contribution >= 0.6 is 0 Å². The molecule has 2 rings (SSSR count). The van der Waals surface area contributed by atoms with Gasteiger partial charge in [-0.05, 0) is 18.6 Å². The van der Waals surface area contributed by atoms with E-state index in [0.717, 1.165) is 0 Å². The van der Waals surface area contributed by atoms with Crippen molar-refractivity contribution in [2.45, 2.75) is 25.0 Å². The second-order valence-electron chi connectivity index (χ2n) is 5.64. The van der Waals surface area contributed by atoms with Crippen LogP contribution in [-0.2, 0) is 14.3 Å². The molecule has 1 aliphatic rings. The number of rotatable bonds is 8. The van der Waals surface area contributed by atoms with E-state index < -0.39 is 5.97 Å². The number of likely N-dealkylation sites (tertiary alicyclic amines) is 1. The summed E-state index contributed by atoms with van der Waals surface area (Å²) in [5, 5.41) is 9.08. The van der Waals surface area contributed by atoms with Crippen molar-refractivity contribution in [1.82, 2.24) is 4.90 Å². The normalized spacial score (nSPS) is 20.2. The molecule has 1 aliphatic heterocycles. The first-order valence-corrected chi connectivity index (χ1v) is 7.83. The second-order valence-corrected chi connectivity index (χ2v) is 5.64. The van der Waals surface area contributed by atoms with Gasteiger partial charge in [-0.25, -0.2) is 0 Å². The maximum absolute atomic E-state index is 12.9. The number of hydrogen-bond donors (Lipinski definition) is 1. The number of para-hydroxylation sites is 1. The van der Waals surface area contributed by atoms with Crippen molar-refractivity contribution in [2.24, 2.45) is 0 Å². The van der Waals surface area contributed by atoms with Gasteiger partial charge >= 0.3 is 5.97 Å². The van der Waals surface area contributed by atoms with Crippen LogP contribution in [0.4, 0.5) is 0 Å². The zero-order chi connectivity index (χ0) is 17.5. The highest BCUT2D eigenvalue weighted by molar-refractivity contribution is 5.97. The largest absolute Gasteiger partial charge is 0.490 e. The number of benzene rings is 1. The third-order valence-electron chi connectivity index (χ3n) is 4.04. The Morgan fingerprint density at radius 3 is 2.67 bits per heavy atom. The molecule has 1 aromatic rings. The number of nitrogens with zero attached hydrogens (tertiary/aromatic N) is 1.